The molecular weight excluding hydrogens is 316 g/mol. The van der Waals surface area contributed by atoms with Gasteiger partial charge in [-0.3, -0.25) is 0 Å². The van der Waals surface area contributed by atoms with Crippen molar-refractivity contribution in [3.63, 3.8) is 0 Å². The van der Waals surface area contributed by atoms with E-state index in [-0.39, 0.29) is 17.4 Å². The molecule has 0 radical (unpaired) electrons. The Bertz CT molecular complexity index is 536. The van der Waals surface area contributed by atoms with Crippen molar-refractivity contribution >= 4 is 0 Å². The van der Waals surface area contributed by atoms with E-state index in [0.29, 0.717) is 30.6 Å². The van der Waals surface area contributed by atoms with E-state index in [1.165, 1.54) is 0 Å². The fourth-order valence-electron chi connectivity index (χ4n) is 8.09. The zero-order valence-corrected chi connectivity index (χ0v) is 16.0. The van der Waals surface area contributed by atoms with Gasteiger partial charge < -0.3 is 20.4 Å². The molecule has 4 heteroatoms. The third kappa shape index (κ3) is 2.27. The Morgan fingerprint density at radius 3 is 2.40 bits per heavy atom. The second-order valence-corrected chi connectivity index (χ2v) is 10.3. The SMILES string of the molecule is C[C@@H](O)[C@]1(O)CC[C@@H]2[C@H]3CC[C@H]4C[C@@H](O)CC[C@]4(C)[C@@H]3[C@@H](O)C[C@]21C. The van der Waals surface area contributed by atoms with Crippen LogP contribution in [0.1, 0.15) is 72.1 Å². The molecule has 0 spiro atoms. The lowest BCUT2D eigenvalue weighted by atomic mass is 9.43. The minimum atomic E-state index is -1.08. The summed E-state index contributed by atoms with van der Waals surface area (Å²) >= 11 is 0. The van der Waals surface area contributed by atoms with Gasteiger partial charge in [-0.1, -0.05) is 13.8 Å². The molecular formula is C21H36O4. The van der Waals surface area contributed by atoms with Crippen molar-refractivity contribution in [2.75, 3.05) is 0 Å². The van der Waals surface area contributed by atoms with Crippen LogP contribution in [0.3, 0.4) is 0 Å². The highest BCUT2D eigenvalue weighted by atomic mass is 16.3. The van der Waals surface area contributed by atoms with E-state index < -0.39 is 23.2 Å². The third-order valence-corrected chi connectivity index (χ3v) is 9.48. The first-order valence-corrected chi connectivity index (χ1v) is 10.4. The molecule has 4 aliphatic carbocycles. The normalized spacial score (nSPS) is 59.6. The summed E-state index contributed by atoms with van der Waals surface area (Å²) in [6, 6.07) is 0. The van der Waals surface area contributed by atoms with Gasteiger partial charge in [0, 0.05) is 5.41 Å². The summed E-state index contributed by atoms with van der Waals surface area (Å²) in [5.41, 5.74) is -1.38. The molecule has 0 heterocycles. The average molecular weight is 353 g/mol. The van der Waals surface area contributed by atoms with Gasteiger partial charge in [-0.25, -0.2) is 0 Å². The van der Waals surface area contributed by atoms with Crippen LogP contribution in [0.25, 0.3) is 0 Å². The molecule has 4 nitrogen and oxygen atoms in total. The van der Waals surface area contributed by atoms with Gasteiger partial charge >= 0.3 is 0 Å². The van der Waals surface area contributed by atoms with Crippen LogP contribution >= 0.6 is 0 Å². The highest BCUT2D eigenvalue weighted by molar-refractivity contribution is 5.17. The predicted octanol–water partition coefficient (Wildman–Crippen LogP) is 2.47. The fraction of sp³-hybridized carbons (Fsp3) is 1.00. The summed E-state index contributed by atoms with van der Waals surface area (Å²) in [5, 5.41) is 42.9. The summed E-state index contributed by atoms with van der Waals surface area (Å²) in [5.74, 6) is 1.59. The fourth-order valence-corrected chi connectivity index (χ4v) is 8.09. The van der Waals surface area contributed by atoms with Crippen LogP contribution in [0.15, 0.2) is 0 Å². The van der Waals surface area contributed by atoms with Crippen molar-refractivity contribution in [1.82, 2.24) is 0 Å². The average Bonchev–Trinajstić information content (AvgIpc) is 2.80. The van der Waals surface area contributed by atoms with E-state index in [9.17, 15) is 20.4 Å². The van der Waals surface area contributed by atoms with E-state index in [0.717, 1.165) is 38.5 Å². The zero-order valence-electron chi connectivity index (χ0n) is 16.0. The number of aliphatic hydroxyl groups excluding tert-OH is 3. The van der Waals surface area contributed by atoms with Crippen LogP contribution in [0.2, 0.25) is 0 Å². The Kier molecular flexibility index (Phi) is 4.13. The summed E-state index contributed by atoms with van der Waals surface area (Å²) in [4.78, 5) is 0. The zero-order chi connectivity index (χ0) is 18.2. The maximum Gasteiger partial charge on any atom is 0.0959 e. The standard InChI is InChI=1S/C21H36O4/c1-12(22)21(25)9-7-16-15-5-4-13-10-14(23)6-8-19(13,2)18(15)17(24)11-20(16,21)3/h12-18,22-25H,4-11H2,1-3H3/t12-,13+,14+,15-,16-,17+,18+,19+,20-,21-/m1/s1. The smallest absolute Gasteiger partial charge is 0.0959 e. The molecule has 0 aromatic heterocycles. The molecule has 4 rings (SSSR count). The van der Waals surface area contributed by atoms with Gasteiger partial charge in [0.25, 0.3) is 0 Å². The third-order valence-electron chi connectivity index (χ3n) is 9.48. The molecule has 0 unspecified atom stereocenters. The number of fused-ring (bicyclic) bond motifs is 5. The van der Waals surface area contributed by atoms with Crippen LogP contribution in [-0.2, 0) is 0 Å². The molecule has 0 saturated heterocycles. The number of rotatable bonds is 1. The van der Waals surface area contributed by atoms with Gasteiger partial charge in [0.2, 0.25) is 0 Å². The van der Waals surface area contributed by atoms with Crippen molar-refractivity contribution in [3.05, 3.63) is 0 Å². The van der Waals surface area contributed by atoms with Gasteiger partial charge in [0.05, 0.1) is 23.9 Å². The lowest BCUT2D eigenvalue weighted by Gasteiger charge is -2.63. The van der Waals surface area contributed by atoms with Crippen LogP contribution in [0.4, 0.5) is 0 Å². The van der Waals surface area contributed by atoms with E-state index in [1.54, 1.807) is 6.92 Å². The largest absolute Gasteiger partial charge is 0.393 e. The van der Waals surface area contributed by atoms with Crippen molar-refractivity contribution < 1.29 is 20.4 Å². The molecule has 0 aromatic rings. The van der Waals surface area contributed by atoms with Crippen LogP contribution in [0, 0.1) is 34.5 Å². The quantitative estimate of drug-likeness (QED) is 0.584. The Labute approximate surface area is 151 Å². The van der Waals surface area contributed by atoms with Crippen molar-refractivity contribution in [2.24, 2.45) is 34.5 Å². The van der Waals surface area contributed by atoms with Gasteiger partial charge in [-0.15, -0.1) is 0 Å². The predicted molar refractivity (Wildman–Crippen MR) is 95.8 cm³/mol. The first kappa shape index (κ1) is 18.2. The second kappa shape index (κ2) is 5.67. The number of hydrogen-bond donors (Lipinski definition) is 4. The van der Waals surface area contributed by atoms with Crippen molar-refractivity contribution in [1.29, 1.82) is 0 Å². The molecule has 0 aromatic carbocycles. The van der Waals surface area contributed by atoms with Crippen molar-refractivity contribution in [3.8, 4) is 0 Å². The highest BCUT2D eigenvalue weighted by Crippen LogP contribution is 2.68. The Balaban J connectivity index is 1.69. The van der Waals surface area contributed by atoms with Crippen LogP contribution in [0.5, 0.6) is 0 Å². The number of aliphatic hydroxyl groups is 4. The molecule has 25 heavy (non-hydrogen) atoms. The first-order chi connectivity index (χ1) is 11.6. The van der Waals surface area contributed by atoms with Crippen LogP contribution < -0.4 is 0 Å². The first-order valence-electron chi connectivity index (χ1n) is 10.4. The maximum absolute atomic E-state index is 11.3. The van der Waals surface area contributed by atoms with E-state index in [2.05, 4.69) is 13.8 Å². The van der Waals surface area contributed by atoms with Gasteiger partial charge in [0.1, 0.15) is 0 Å². The lowest BCUT2D eigenvalue weighted by molar-refractivity contribution is -0.218. The van der Waals surface area contributed by atoms with Gasteiger partial charge in [-0.2, -0.15) is 0 Å². The molecule has 0 aliphatic heterocycles. The molecule has 4 saturated carbocycles. The monoisotopic (exact) mass is 352 g/mol. The number of hydrogen-bond acceptors (Lipinski definition) is 4. The molecule has 144 valence electrons. The van der Waals surface area contributed by atoms with Crippen LogP contribution in [-0.4, -0.2) is 44.3 Å². The molecule has 4 N–H and O–H groups in total. The minimum Gasteiger partial charge on any atom is -0.393 e. The molecule has 4 aliphatic rings. The summed E-state index contributed by atoms with van der Waals surface area (Å²) < 4.78 is 0. The summed E-state index contributed by atoms with van der Waals surface area (Å²) in [6.07, 6.45) is 5.77. The summed E-state index contributed by atoms with van der Waals surface area (Å²) in [6.45, 7) is 6.16. The van der Waals surface area contributed by atoms with Crippen molar-refractivity contribution in [2.45, 2.75) is 96.1 Å². The Hall–Kier alpha value is -0.160. The minimum absolute atomic E-state index is 0.106. The lowest BCUT2D eigenvalue weighted by Crippen LogP contribution is -2.63. The molecule has 0 amide bonds. The van der Waals surface area contributed by atoms with Gasteiger partial charge in [-0.05, 0) is 87.4 Å². The molecule has 10 atom stereocenters. The van der Waals surface area contributed by atoms with E-state index >= 15 is 0 Å². The Morgan fingerprint density at radius 1 is 1.00 bits per heavy atom. The summed E-state index contributed by atoms with van der Waals surface area (Å²) in [7, 11) is 0. The second-order valence-electron chi connectivity index (χ2n) is 10.3. The van der Waals surface area contributed by atoms with E-state index in [1.807, 2.05) is 0 Å². The van der Waals surface area contributed by atoms with Gasteiger partial charge in [0.15, 0.2) is 0 Å². The topological polar surface area (TPSA) is 80.9 Å². The molecule has 4 fully saturated rings. The molecule has 0 bridgehead atoms. The maximum atomic E-state index is 11.3. The highest BCUT2D eigenvalue weighted by Gasteiger charge is 2.67. The van der Waals surface area contributed by atoms with E-state index in [4.69, 9.17) is 0 Å². The Morgan fingerprint density at radius 2 is 1.72 bits per heavy atom.